The van der Waals surface area contributed by atoms with Crippen LogP contribution < -0.4 is 0 Å². The largest absolute Gasteiger partial charge is 0.443 e. The van der Waals surface area contributed by atoms with Crippen LogP contribution in [0.1, 0.15) is 31.3 Å². The lowest BCUT2D eigenvalue weighted by Gasteiger charge is -2.12. The van der Waals surface area contributed by atoms with E-state index in [4.69, 9.17) is 11.6 Å². The molecule has 1 aliphatic rings. The number of nitrogens with zero attached hydrogens (tertiary/aromatic N) is 4. The first kappa shape index (κ1) is 17.7. The minimum absolute atomic E-state index is 0.0199. The maximum absolute atomic E-state index is 12.7. The smallest absolute Gasteiger partial charge is 0.270 e. The molecular formula is C16H8ClF3N4O2S. The highest BCUT2D eigenvalue weighted by atomic mass is 35.5. The number of imide groups is 1. The second-order valence-electron chi connectivity index (χ2n) is 5.63. The van der Waals surface area contributed by atoms with E-state index in [0.29, 0.717) is 28.0 Å². The quantitative estimate of drug-likeness (QED) is 0.614. The summed E-state index contributed by atoms with van der Waals surface area (Å²) in [5.74, 6) is -0.923. The Labute approximate surface area is 158 Å². The molecule has 0 atom stereocenters. The Morgan fingerprint density at radius 3 is 2.30 bits per heavy atom. The van der Waals surface area contributed by atoms with E-state index < -0.39 is 23.0 Å². The molecule has 0 saturated carbocycles. The highest BCUT2D eigenvalue weighted by Gasteiger charge is 2.36. The third-order valence-electron chi connectivity index (χ3n) is 3.91. The number of aromatic nitrogens is 3. The van der Waals surface area contributed by atoms with Gasteiger partial charge in [-0.25, -0.2) is 9.67 Å². The predicted octanol–water partition coefficient (Wildman–Crippen LogP) is 3.80. The highest BCUT2D eigenvalue weighted by Crippen LogP contribution is 2.34. The molecule has 0 unspecified atom stereocenters. The molecule has 0 radical (unpaired) electrons. The van der Waals surface area contributed by atoms with Gasteiger partial charge in [0.05, 0.1) is 23.9 Å². The van der Waals surface area contributed by atoms with Crippen molar-refractivity contribution in [1.82, 2.24) is 19.7 Å². The number of hydrogen-bond donors (Lipinski definition) is 0. The SMILES string of the molecule is O=C1c2ccccc2C(=O)N1Cc1cn(-c2cnc(C(F)(F)F)s2)nc1Cl. The average molecular weight is 413 g/mol. The topological polar surface area (TPSA) is 68.1 Å². The van der Waals surface area contributed by atoms with Gasteiger partial charge >= 0.3 is 6.18 Å². The van der Waals surface area contributed by atoms with Crippen molar-refractivity contribution in [1.29, 1.82) is 0 Å². The summed E-state index contributed by atoms with van der Waals surface area (Å²) in [5, 5.41) is 3.03. The van der Waals surface area contributed by atoms with Crippen LogP contribution in [-0.4, -0.2) is 31.5 Å². The van der Waals surface area contributed by atoms with Gasteiger partial charge in [0.2, 0.25) is 0 Å². The van der Waals surface area contributed by atoms with Gasteiger partial charge in [0.1, 0.15) is 5.00 Å². The summed E-state index contributed by atoms with van der Waals surface area (Å²) in [6.45, 7) is -0.143. The zero-order valence-electron chi connectivity index (χ0n) is 13.2. The maximum atomic E-state index is 12.7. The Kier molecular flexibility index (Phi) is 4.04. The number of thiazole rings is 1. The first-order valence-corrected chi connectivity index (χ1v) is 8.68. The summed E-state index contributed by atoms with van der Waals surface area (Å²) < 4.78 is 39.2. The molecule has 0 N–H and O–H groups in total. The Bertz CT molecular complexity index is 1040. The molecule has 4 rings (SSSR count). The maximum Gasteiger partial charge on any atom is 0.443 e. The van der Waals surface area contributed by atoms with Crippen molar-refractivity contribution in [2.45, 2.75) is 12.7 Å². The average Bonchev–Trinajstić information content (AvgIpc) is 3.30. The van der Waals surface area contributed by atoms with E-state index in [1.54, 1.807) is 24.3 Å². The molecule has 0 spiro atoms. The standard InChI is InChI=1S/C16H8ClF3N4O2S/c17-12-8(6-23-13(25)9-3-1-2-4-10(9)14(23)26)7-24(22-12)11-5-21-15(27-11)16(18,19)20/h1-5,7H,6H2. The van der Waals surface area contributed by atoms with Gasteiger partial charge in [-0.05, 0) is 12.1 Å². The second kappa shape index (κ2) is 6.17. The minimum atomic E-state index is -4.55. The monoisotopic (exact) mass is 412 g/mol. The fourth-order valence-corrected chi connectivity index (χ4v) is 3.56. The van der Waals surface area contributed by atoms with Crippen molar-refractivity contribution in [3.63, 3.8) is 0 Å². The number of hydrogen-bond acceptors (Lipinski definition) is 5. The molecule has 11 heteroatoms. The molecule has 0 aliphatic carbocycles. The second-order valence-corrected chi connectivity index (χ2v) is 7.00. The van der Waals surface area contributed by atoms with Crippen LogP contribution in [0.2, 0.25) is 5.15 Å². The van der Waals surface area contributed by atoms with Crippen LogP contribution in [-0.2, 0) is 12.7 Å². The lowest BCUT2D eigenvalue weighted by atomic mass is 10.1. The van der Waals surface area contributed by atoms with E-state index in [2.05, 4.69) is 10.1 Å². The zero-order valence-corrected chi connectivity index (χ0v) is 14.8. The number of benzene rings is 1. The number of halogens is 4. The molecule has 2 amide bonds. The van der Waals surface area contributed by atoms with Crippen molar-refractivity contribution in [2.24, 2.45) is 0 Å². The number of fused-ring (bicyclic) bond motifs is 1. The molecule has 0 saturated heterocycles. The minimum Gasteiger partial charge on any atom is -0.270 e. The van der Waals surface area contributed by atoms with Crippen molar-refractivity contribution >= 4 is 34.8 Å². The van der Waals surface area contributed by atoms with Gasteiger partial charge in [-0.3, -0.25) is 14.5 Å². The number of alkyl halides is 3. The van der Waals surface area contributed by atoms with Crippen LogP contribution in [0.25, 0.3) is 5.00 Å². The van der Waals surface area contributed by atoms with Gasteiger partial charge < -0.3 is 0 Å². The van der Waals surface area contributed by atoms with Gasteiger partial charge in [-0.15, -0.1) is 0 Å². The van der Waals surface area contributed by atoms with Crippen LogP contribution in [0, 0.1) is 0 Å². The number of carbonyl (C=O) groups excluding carboxylic acids is 2. The number of rotatable bonds is 3. The molecule has 27 heavy (non-hydrogen) atoms. The summed E-state index contributed by atoms with van der Waals surface area (Å²) in [6.07, 6.45) is -2.15. The van der Waals surface area contributed by atoms with Crippen molar-refractivity contribution in [3.8, 4) is 5.00 Å². The fraction of sp³-hybridized carbons (Fsp3) is 0.125. The lowest BCUT2D eigenvalue weighted by molar-refractivity contribution is -0.137. The van der Waals surface area contributed by atoms with Gasteiger partial charge in [-0.2, -0.15) is 18.3 Å². The fourth-order valence-electron chi connectivity index (χ4n) is 2.66. The zero-order chi connectivity index (χ0) is 19.3. The summed E-state index contributed by atoms with van der Waals surface area (Å²) >= 11 is 6.46. The summed E-state index contributed by atoms with van der Waals surface area (Å²) in [7, 11) is 0. The van der Waals surface area contributed by atoms with Crippen LogP contribution in [0.3, 0.4) is 0 Å². The van der Waals surface area contributed by atoms with Gasteiger partial charge in [-0.1, -0.05) is 35.1 Å². The van der Waals surface area contributed by atoms with E-state index in [0.717, 1.165) is 15.8 Å². The molecule has 138 valence electrons. The molecule has 1 aromatic carbocycles. The van der Waals surface area contributed by atoms with Crippen molar-refractivity contribution < 1.29 is 22.8 Å². The molecule has 3 heterocycles. The van der Waals surface area contributed by atoms with E-state index in [9.17, 15) is 22.8 Å². The van der Waals surface area contributed by atoms with E-state index >= 15 is 0 Å². The lowest BCUT2D eigenvalue weighted by Crippen LogP contribution is -2.29. The Morgan fingerprint density at radius 2 is 1.74 bits per heavy atom. The summed E-state index contributed by atoms with van der Waals surface area (Å²) in [6, 6.07) is 6.41. The first-order valence-electron chi connectivity index (χ1n) is 7.48. The molecular weight excluding hydrogens is 405 g/mol. The first-order chi connectivity index (χ1) is 12.8. The van der Waals surface area contributed by atoms with E-state index in [1.165, 1.54) is 6.20 Å². The number of amides is 2. The van der Waals surface area contributed by atoms with Crippen LogP contribution >= 0.6 is 22.9 Å². The number of carbonyl (C=O) groups is 2. The molecule has 0 fully saturated rings. The van der Waals surface area contributed by atoms with Crippen molar-refractivity contribution in [2.75, 3.05) is 0 Å². The van der Waals surface area contributed by atoms with E-state index in [1.807, 2.05) is 0 Å². The van der Waals surface area contributed by atoms with Gasteiger partial charge in [0, 0.05) is 11.8 Å². The summed E-state index contributed by atoms with van der Waals surface area (Å²) in [4.78, 5) is 29.2. The predicted molar refractivity (Wildman–Crippen MR) is 89.9 cm³/mol. The molecule has 3 aromatic rings. The Morgan fingerprint density at radius 1 is 1.11 bits per heavy atom. The molecule has 0 bridgehead atoms. The molecule has 1 aliphatic heterocycles. The van der Waals surface area contributed by atoms with E-state index in [-0.39, 0.29) is 16.7 Å². The third kappa shape index (κ3) is 3.00. The van der Waals surface area contributed by atoms with Crippen LogP contribution in [0.4, 0.5) is 13.2 Å². The Hall–Kier alpha value is -2.72. The Balaban J connectivity index is 1.61. The van der Waals surface area contributed by atoms with Gasteiger partial charge in [0.25, 0.3) is 11.8 Å². The third-order valence-corrected chi connectivity index (χ3v) is 5.26. The van der Waals surface area contributed by atoms with Gasteiger partial charge in [0.15, 0.2) is 10.2 Å². The highest BCUT2D eigenvalue weighted by molar-refractivity contribution is 7.14. The molecule has 2 aromatic heterocycles. The van der Waals surface area contributed by atoms with Crippen LogP contribution in [0.5, 0.6) is 0 Å². The summed E-state index contributed by atoms with van der Waals surface area (Å²) in [5.41, 5.74) is 0.916. The van der Waals surface area contributed by atoms with Crippen LogP contribution in [0.15, 0.2) is 36.7 Å². The van der Waals surface area contributed by atoms with Crippen molar-refractivity contribution in [3.05, 3.63) is 63.5 Å². The normalized spacial score (nSPS) is 14.1. The molecule has 6 nitrogen and oxygen atoms in total.